The monoisotopic (exact) mass is 406 g/mol. The smallest absolute Gasteiger partial charge is 0.270 e. The summed E-state index contributed by atoms with van der Waals surface area (Å²) in [6, 6.07) is 7.40. The topological polar surface area (TPSA) is 76.6 Å². The van der Waals surface area contributed by atoms with Gasteiger partial charge in [-0.2, -0.15) is 0 Å². The van der Waals surface area contributed by atoms with Crippen molar-refractivity contribution in [3.63, 3.8) is 0 Å². The van der Waals surface area contributed by atoms with Gasteiger partial charge in [-0.3, -0.25) is 19.8 Å². The normalized spacial score (nSPS) is 15.7. The van der Waals surface area contributed by atoms with Crippen molar-refractivity contribution in [3.8, 4) is 11.3 Å². The summed E-state index contributed by atoms with van der Waals surface area (Å²) < 4.78 is 6.15. The van der Waals surface area contributed by atoms with Crippen molar-refractivity contribution < 1.29 is 14.1 Å². The Balaban J connectivity index is 1.91. The van der Waals surface area contributed by atoms with Crippen LogP contribution in [0.1, 0.15) is 5.76 Å². The first-order chi connectivity index (χ1) is 12.4. The van der Waals surface area contributed by atoms with Crippen LogP contribution in [-0.2, 0) is 4.79 Å². The van der Waals surface area contributed by atoms with Crippen LogP contribution in [0, 0.1) is 10.1 Å². The second-order valence-corrected chi connectivity index (χ2v) is 7.29. The minimum atomic E-state index is -0.505. The number of hydrogen-bond acceptors (Lipinski definition) is 6. The largest absolute Gasteiger partial charge is 0.457 e. The lowest BCUT2D eigenvalue weighted by atomic mass is 10.1. The molecule has 1 fully saturated rings. The Bertz CT molecular complexity index is 967. The van der Waals surface area contributed by atoms with Gasteiger partial charge in [-0.05, 0) is 18.2 Å². The summed E-state index contributed by atoms with van der Waals surface area (Å²) in [4.78, 5) is 24.6. The van der Waals surface area contributed by atoms with E-state index < -0.39 is 4.92 Å². The molecule has 26 heavy (non-hydrogen) atoms. The predicted molar refractivity (Wildman–Crippen MR) is 106 cm³/mol. The number of nitro benzene ring substituents is 1. The Morgan fingerprint density at radius 3 is 2.85 bits per heavy atom. The summed E-state index contributed by atoms with van der Waals surface area (Å²) >= 11 is 12.5. The molecule has 1 aliphatic heterocycles. The summed E-state index contributed by atoms with van der Waals surface area (Å²) in [7, 11) is 0. The minimum Gasteiger partial charge on any atom is -0.457 e. The lowest BCUT2D eigenvalue weighted by Gasteiger charge is -2.10. The number of nitrogens with zero attached hydrogens (tertiary/aromatic N) is 2. The molecule has 2 aromatic rings. The highest BCUT2D eigenvalue weighted by Crippen LogP contribution is 2.35. The first kappa shape index (κ1) is 18.4. The van der Waals surface area contributed by atoms with Gasteiger partial charge < -0.3 is 4.42 Å². The molecule has 1 aromatic carbocycles. The van der Waals surface area contributed by atoms with Crippen LogP contribution in [0.5, 0.6) is 0 Å². The van der Waals surface area contributed by atoms with Crippen molar-refractivity contribution in [2.24, 2.45) is 0 Å². The van der Waals surface area contributed by atoms with Crippen LogP contribution in [-0.4, -0.2) is 26.6 Å². The number of benzene rings is 1. The highest BCUT2D eigenvalue weighted by Gasteiger charge is 2.31. The molecule has 0 atom stereocenters. The van der Waals surface area contributed by atoms with Crippen LogP contribution in [0.25, 0.3) is 17.4 Å². The van der Waals surface area contributed by atoms with Crippen LogP contribution in [0.15, 0.2) is 52.3 Å². The van der Waals surface area contributed by atoms with Gasteiger partial charge in [0.05, 0.1) is 14.9 Å². The fourth-order valence-corrected chi connectivity index (χ4v) is 3.77. The van der Waals surface area contributed by atoms with Crippen molar-refractivity contribution >= 4 is 57.6 Å². The van der Waals surface area contributed by atoms with E-state index in [1.807, 2.05) is 0 Å². The third kappa shape index (κ3) is 3.57. The van der Waals surface area contributed by atoms with E-state index in [0.717, 1.165) is 0 Å². The molecule has 1 amide bonds. The highest BCUT2D eigenvalue weighted by atomic mass is 35.5. The zero-order valence-electron chi connectivity index (χ0n) is 13.2. The number of furan rings is 1. The second-order valence-electron chi connectivity index (χ2n) is 5.20. The zero-order chi connectivity index (χ0) is 18.8. The van der Waals surface area contributed by atoms with Crippen molar-refractivity contribution in [2.75, 3.05) is 6.54 Å². The lowest BCUT2D eigenvalue weighted by molar-refractivity contribution is -0.384. The molecule has 2 heterocycles. The third-order valence-corrected chi connectivity index (χ3v) is 5.22. The first-order valence-corrected chi connectivity index (χ1v) is 8.91. The molecule has 9 heteroatoms. The third-order valence-electron chi connectivity index (χ3n) is 3.51. The van der Waals surface area contributed by atoms with E-state index >= 15 is 0 Å². The average Bonchev–Trinajstić information content (AvgIpc) is 3.16. The fourth-order valence-electron chi connectivity index (χ4n) is 2.31. The van der Waals surface area contributed by atoms with E-state index in [4.69, 9.17) is 28.2 Å². The number of thiocarbonyl (C=S) groups is 1. The standard InChI is InChI=1S/C17H11ClN2O4S2/c1-2-7-19-16(21)15(26-17(19)25)9-11-4-6-14(24-11)12-8-10(20(22)23)3-5-13(12)18/h2-6,8-9H,1,7H2/b15-9+. The van der Waals surface area contributed by atoms with Gasteiger partial charge in [0.2, 0.25) is 0 Å². The lowest BCUT2D eigenvalue weighted by Crippen LogP contribution is -2.27. The van der Waals surface area contributed by atoms with Crippen LogP contribution in [0.2, 0.25) is 5.02 Å². The van der Waals surface area contributed by atoms with E-state index in [1.165, 1.54) is 34.9 Å². The van der Waals surface area contributed by atoms with Gasteiger partial charge in [-0.25, -0.2) is 0 Å². The zero-order valence-corrected chi connectivity index (χ0v) is 15.6. The van der Waals surface area contributed by atoms with Gasteiger partial charge in [-0.15, -0.1) is 6.58 Å². The van der Waals surface area contributed by atoms with Crippen molar-refractivity contribution in [3.05, 3.63) is 68.8 Å². The Hall–Kier alpha value is -2.42. The molecule has 6 nitrogen and oxygen atoms in total. The number of halogens is 1. The molecule has 0 radical (unpaired) electrons. The Morgan fingerprint density at radius 1 is 1.38 bits per heavy atom. The van der Waals surface area contributed by atoms with Gasteiger partial charge in [0, 0.05) is 30.3 Å². The number of thioether (sulfide) groups is 1. The molecule has 1 saturated heterocycles. The molecular formula is C17H11ClN2O4S2. The molecule has 1 aliphatic rings. The van der Waals surface area contributed by atoms with Crippen LogP contribution >= 0.6 is 35.6 Å². The number of non-ortho nitro benzene ring substituents is 1. The van der Waals surface area contributed by atoms with Gasteiger partial charge in [-0.1, -0.05) is 41.7 Å². The van der Waals surface area contributed by atoms with Gasteiger partial charge in [0.1, 0.15) is 15.8 Å². The molecule has 0 aliphatic carbocycles. The Kier molecular flexibility index (Phi) is 5.26. The molecule has 1 aromatic heterocycles. The average molecular weight is 407 g/mol. The summed E-state index contributed by atoms with van der Waals surface area (Å²) in [5.74, 6) is 0.569. The number of hydrogen-bond donors (Lipinski definition) is 0. The van der Waals surface area contributed by atoms with E-state index in [-0.39, 0.29) is 11.6 Å². The molecule has 3 rings (SSSR count). The number of nitro groups is 1. The van der Waals surface area contributed by atoms with Crippen LogP contribution in [0.4, 0.5) is 5.69 Å². The summed E-state index contributed by atoms with van der Waals surface area (Å²) in [5.41, 5.74) is 0.312. The second kappa shape index (κ2) is 7.45. The maximum absolute atomic E-state index is 12.3. The van der Waals surface area contributed by atoms with Gasteiger partial charge in [0.15, 0.2) is 0 Å². The molecule has 132 valence electrons. The number of carbonyl (C=O) groups excluding carboxylic acids is 1. The molecule has 0 unspecified atom stereocenters. The van der Waals surface area contributed by atoms with E-state index in [1.54, 1.807) is 24.3 Å². The fraction of sp³-hybridized carbons (Fsp3) is 0.0588. The highest BCUT2D eigenvalue weighted by molar-refractivity contribution is 8.26. The van der Waals surface area contributed by atoms with E-state index in [9.17, 15) is 14.9 Å². The van der Waals surface area contributed by atoms with Gasteiger partial charge >= 0.3 is 0 Å². The summed E-state index contributed by atoms with van der Waals surface area (Å²) in [5, 5.41) is 11.3. The van der Waals surface area contributed by atoms with Gasteiger partial charge in [0.25, 0.3) is 11.6 Å². The number of amides is 1. The number of rotatable bonds is 5. The predicted octanol–water partition coefficient (Wildman–Crippen LogP) is 4.90. The maximum atomic E-state index is 12.3. The molecule has 0 bridgehead atoms. The molecule has 0 spiro atoms. The maximum Gasteiger partial charge on any atom is 0.270 e. The van der Waals surface area contributed by atoms with E-state index in [2.05, 4.69) is 6.58 Å². The SMILES string of the molecule is C=CCN1C(=O)/C(=C\c2ccc(-c3cc([N+](=O)[O-])ccc3Cl)o2)SC1=S. The van der Waals surface area contributed by atoms with Crippen LogP contribution < -0.4 is 0 Å². The quantitative estimate of drug-likeness (QED) is 0.231. The first-order valence-electron chi connectivity index (χ1n) is 7.31. The Labute approximate surface area is 163 Å². The van der Waals surface area contributed by atoms with Crippen molar-refractivity contribution in [2.45, 2.75) is 0 Å². The number of carbonyl (C=O) groups is 1. The van der Waals surface area contributed by atoms with Crippen molar-refractivity contribution in [1.82, 2.24) is 4.90 Å². The van der Waals surface area contributed by atoms with Crippen molar-refractivity contribution in [1.29, 1.82) is 0 Å². The molecule has 0 saturated carbocycles. The molecule has 0 N–H and O–H groups in total. The minimum absolute atomic E-state index is 0.0901. The summed E-state index contributed by atoms with van der Waals surface area (Å²) in [6.45, 7) is 3.95. The molecular weight excluding hydrogens is 396 g/mol. The van der Waals surface area contributed by atoms with E-state index in [0.29, 0.717) is 37.9 Å². The van der Waals surface area contributed by atoms with Crippen LogP contribution in [0.3, 0.4) is 0 Å². The Morgan fingerprint density at radius 2 is 2.15 bits per heavy atom. The summed E-state index contributed by atoms with van der Waals surface area (Å²) in [6.07, 6.45) is 3.18.